The van der Waals surface area contributed by atoms with Crippen LogP contribution in [0.3, 0.4) is 0 Å². The summed E-state index contributed by atoms with van der Waals surface area (Å²) in [5.74, 6) is 0.690. The Hall–Kier alpha value is -2.82. The van der Waals surface area contributed by atoms with Crippen molar-refractivity contribution in [1.29, 1.82) is 0 Å². The highest BCUT2D eigenvalue weighted by Crippen LogP contribution is 2.33. The quantitative estimate of drug-likeness (QED) is 0.626. The van der Waals surface area contributed by atoms with Crippen LogP contribution in [0.1, 0.15) is 25.0 Å². The summed E-state index contributed by atoms with van der Waals surface area (Å²) in [5.41, 5.74) is 3.50. The first-order chi connectivity index (χ1) is 11.7. The van der Waals surface area contributed by atoms with Gasteiger partial charge < -0.3 is 14.5 Å². The lowest BCUT2D eigenvalue weighted by Crippen LogP contribution is -2.38. The Kier molecular flexibility index (Phi) is 4.79. The molecule has 24 heavy (non-hydrogen) atoms. The minimum absolute atomic E-state index is 0.0305. The fraction of sp³-hybridized carbons (Fsp3) is 0.263. The van der Waals surface area contributed by atoms with Crippen molar-refractivity contribution in [1.82, 2.24) is 0 Å². The highest BCUT2D eigenvalue weighted by atomic mass is 16.6. The monoisotopic (exact) mass is 324 g/mol. The average molecular weight is 324 g/mol. The van der Waals surface area contributed by atoms with E-state index in [9.17, 15) is 4.79 Å². The smallest absolute Gasteiger partial charge is 0.265 e. The van der Waals surface area contributed by atoms with Gasteiger partial charge in [-0.3, -0.25) is 4.79 Å². The van der Waals surface area contributed by atoms with Gasteiger partial charge in [-0.2, -0.15) is 0 Å². The molecule has 0 spiro atoms. The van der Waals surface area contributed by atoms with Crippen LogP contribution in [0.25, 0.3) is 0 Å². The minimum Gasteiger partial charge on any atom is -0.482 e. The van der Waals surface area contributed by atoms with E-state index < -0.39 is 0 Å². The van der Waals surface area contributed by atoms with Crippen molar-refractivity contribution in [2.45, 2.75) is 20.5 Å². The second-order valence-electron chi connectivity index (χ2n) is 5.54. The number of oxime groups is 1. The van der Waals surface area contributed by atoms with Crippen molar-refractivity contribution in [3.8, 4) is 5.75 Å². The van der Waals surface area contributed by atoms with E-state index in [4.69, 9.17) is 9.57 Å². The summed E-state index contributed by atoms with van der Waals surface area (Å²) in [5, 5.41) is 4.18. The van der Waals surface area contributed by atoms with E-state index in [1.165, 1.54) is 0 Å². The molecule has 2 aromatic carbocycles. The summed E-state index contributed by atoms with van der Waals surface area (Å²) in [6.07, 6.45) is 0. The number of fused-ring (bicyclic) bond motifs is 1. The molecule has 1 aliphatic rings. The number of amides is 1. The molecule has 2 aromatic rings. The first-order valence-corrected chi connectivity index (χ1v) is 7.97. The molecule has 124 valence electrons. The molecule has 0 aliphatic carbocycles. The van der Waals surface area contributed by atoms with E-state index in [1.807, 2.05) is 62.4 Å². The molecule has 0 N–H and O–H groups in total. The molecule has 0 unspecified atom stereocenters. The lowest BCUT2D eigenvalue weighted by molar-refractivity contribution is -0.121. The minimum atomic E-state index is -0.0305. The SMILES string of the molecule is CCN1C(=O)COc2ccc(/C(C)=N\OCc3ccccc3)cc21. The van der Waals surface area contributed by atoms with Gasteiger partial charge in [0, 0.05) is 12.1 Å². The van der Waals surface area contributed by atoms with Crippen molar-refractivity contribution in [2.75, 3.05) is 18.1 Å². The van der Waals surface area contributed by atoms with Crippen LogP contribution in [0, 0.1) is 0 Å². The predicted octanol–water partition coefficient (Wildman–Crippen LogP) is 3.37. The first kappa shape index (κ1) is 16.1. The lowest BCUT2D eigenvalue weighted by Gasteiger charge is -2.28. The maximum Gasteiger partial charge on any atom is 0.265 e. The standard InChI is InChI=1S/C19H20N2O3/c1-3-21-17-11-16(9-10-18(17)23-13-19(21)22)14(2)20-24-12-15-7-5-4-6-8-15/h4-11H,3,12-13H2,1-2H3/b20-14-. The van der Waals surface area contributed by atoms with Crippen LogP contribution in [-0.2, 0) is 16.2 Å². The van der Waals surface area contributed by atoms with Crippen LogP contribution in [-0.4, -0.2) is 24.8 Å². The van der Waals surface area contributed by atoms with E-state index in [0.29, 0.717) is 13.2 Å². The van der Waals surface area contributed by atoms with E-state index in [1.54, 1.807) is 4.90 Å². The predicted molar refractivity (Wildman–Crippen MR) is 93.4 cm³/mol. The molecule has 1 aliphatic heterocycles. The van der Waals surface area contributed by atoms with Crippen LogP contribution in [0.5, 0.6) is 5.75 Å². The van der Waals surface area contributed by atoms with E-state index >= 15 is 0 Å². The Balaban J connectivity index is 1.75. The molecule has 0 bridgehead atoms. The molecule has 1 heterocycles. The molecule has 0 atom stereocenters. The summed E-state index contributed by atoms with van der Waals surface area (Å²) >= 11 is 0. The second-order valence-corrected chi connectivity index (χ2v) is 5.54. The number of nitrogens with zero attached hydrogens (tertiary/aromatic N) is 2. The van der Waals surface area contributed by atoms with Gasteiger partial charge in [0.1, 0.15) is 12.4 Å². The maximum atomic E-state index is 11.9. The Morgan fingerprint density at radius 2 is 2.04 bits per heavy atom. The molecule has 0 fully saturated rings. The molecule has 5 heteroatoms. The fourth-order valence-electron chi connectivity index (χ4n) is 2.60. The van der Waals surface area contributed by atoms with Crippen molar-refractivity contribution in [3.63, 3.8) is 0 Å². The van der Waals surface area contributed by atoms with Gasteiger partial charge in [-0.25, -0.2) is 0 Å². The third kappa shape index (κ3) is 3.40. The maximum absolute atomic E-state index is 11.9. The number of likely N-dealkylation sites (N-methyl/N-ethyl adjacent to an activating group) is 1. The third-order valence-corrected chi connectivity index (χ3v) is 3.91. The molecule has 5 nitrogen and oxygen atoms in total. The topological polar surface area (TPSA) is 51.1 Å². The van der Waals surface area contributed by atoms with Crippen molar-refractivity contribution >= 4 is 17.3 Å². The highest BCUT2D eigenvalue weighted by Gasteiger charge is 2.24. The number of hydrogen-bond acceptors (Lipinski definition) is 4. The van der Waals surface area contributed by atoms with Gasteiger partial charge in [0.05, 0.1) is 11.4 Å². The zero-order valence-corrected chi connectivity index (χ0v) is 13.9. The van der Waals surface area contributed by atoms with Crippen molar-refractivity contribution in [2.24, 2.45) is 5.16 Å². The Morgan fingerprint density at radius 1 is 1.25 bits per heavy atom. The van der Waals surface area contributed by atoms with E-state index in [2.05, 4.69) is 5.16 Å². The Labute approximate surface area is 141 Å². The number of carbonyl (C=O) groups excluding carboxylic acids is 1. The molecule has 0 saturated carbocycles. The van der Waals surface area contributed by atoms with Gasteiger partial charge in [0.2, 0.25) is 0 Å². The number of carbonyl (C=O) groups is 1. The summed E-state index contributed by atoms with van der Waals surface area (Å²) in [6.45, 7) is 4.96. The second kappa shape index (κ2) is 7.17. The largest absolute Gasteiger partial charge is 0.482 e. The summed E-state index contributed by atoms with van der Waals surface area (Å²) < 4.78 is 5.48. The molecule has 3 rings (SSSR count). The van der Waals surface area contributed by atoms with Crippen LogP contribution in [0.15, 0.2) is 53.7 Å². The third-order valence-electron chi connectivity index (χ3n) is 3.91. The van der Waals surface area contributed by atoms with Crippen LogP contribution in [0.2, 0.25) is 0 Å². The summed E-state index contributed by atoms with van der Waals surface area (Å²) in [6, 6.07) is 15.6. The molecule has 1 amide bonds. The normalized spacial score (nSPS) is 14.2. The number of hydrogen-bond donors (Lipinski definition) is 0. The molecule has 0 aromatic heterocycles. The summed E-state index contributed by atoms with van der Waals surface area (Å²) in [4.78, 5) is 19.1. The molecular formula is C19H20N2O3. The van der Waals surface area contributed by atoms with E-state index in [0.717, 1.165) is 28.3 Å². The average Bonchev–Trinajstić information content (AvgIpc) is 2.62. The van der Waals surface area contributed by atoms with Crippen LogP contribution < -0.4 is 9.64 Å². The molecule has 0 radical (unpaired) electrons. The van der Waals surface area contributed by atoms with E-state index in [-0.39, 0.29) is 12.5 Å². The summed E-state index contributed by atoms with van der Waals surface area (Å²) in [7, 11) is 0. The lowest BCUT2D eigenvalue weighted by atomic mass is 10.1. The number of benzene rings is 2. The number of rotatable bonds is 5. The number of ether oxygens (including phenoxy) is 1. The fourth-order valence-corrected chi connectivity index (χ4v) is 2.60. The first-order valence-electron chi connectivity index (χ1n) is 7.97. The van der Waals surface area contributed by atoms with Crippen LogP contribution >= 0.6 is 0 Å². The molecular weight excluding hydrogens is 304 g/mol. The number of anilines is 1. The van der Waals surface area contributed by atoms with Gasteiger partial charge in [-0.1, -0.05) is 35.5 Å². The Bertz CT molecular complexity index is 756. The zero-order valence-electron chi connectivity index (χ0n) is 13.9. The van der Waals surface area contributed by atoms with Crippen molar-refractivity contribution < 1.29 is 14.4 Å². The van der Waals surface area contributed by atoms with Gasteiger partial charge >= 0.3 is 0 Å². The van der Waals surface area contributed by atoms with Gasteiger partial charge in [0.25, 0.3) is 5.91 Å². The highest BCUT2D eigenvalue weighted by molar-refractivity contribution is 6.02. The van der Waals surface area contributed by atoms with Crippen molar-refractivity contribution in [3.05, 3.63) is 59.7 Å². The Morgan fingerprint density at radius 3 is 2.79 bits per heavy atom. The molecule has 0 saturated heterocycles. The van der Waals surface area contributed by atoms with Gasteiger partial charge in [0.15, 0.2) is 6.61 Å². The zero-order chi connectivity index (χ0) is 16.9. The van der Waals surface area contributed by atoms with Crippen LogP contribution in [0.4, 0.5) is 5.69 Å². The van der Waals surface area contributed by atoms with Gasteiger partial charge in [-0.15, -0.1) is 0 Å². The van der Waals surface area contributed by atoms with Gasteiger partial charge in [-0.05, 0) is 37.6 Å².